The lowest BCUT2D eigenvalue weighted by Crippen LogP contribution is -2.12. The molecule has 2 aromatic rings. The first-order valence-electron chi connectivity index (χ1n) is 6.16. The summed E-state index contributed by atoms with van der Waals surface area (Å²) in [5, 5.41) is 14.0. The van der Waals surface area contributed by atoms with Crippen LogP contribution in [0.4, 0.5) is 17.1 Å². The molecular weight excluding hydrogens is 256 g/mol. The van der Waals surface area contributed by atoms with Crippen LogP contribution in [0.15, 0.2) is 42.7 Å². The Morgan fingerprint density at radius 1 is 1.35 bits per heavy atom. The molecule has 6 heteroatoms. The highest BCUT2D eigenvalue weighted by Crippen LogP contribution is 2.23. The fourth-order valence-corrected chi connectivity index (χ4v) is 1.89. The van der Waals surface area contributed by atoms with Crippen molar-refractivity contribution in [1.82, 2.24) is 4.98 Å². The molecule has 1 N–H and O–H groups in total. The van der Waals surface area contributed by atoms with Crippen LogP contribution in [0, 0.1) is 10.1 Å². The normalized spacial score (nSPS) is 10.1. The van der Waals surface area contributed by atoms with E-state index in [1.165, 1.54) is 6.07 Å². The topological polar surface area (TPSA) is 71.3 Å². The number of nitro benzene ring substituents is 1. The van der Waals surface area contributed by atoms with Crippen LogP contribution < -0.4 is 10.2 Å². The van der Waals surface area contributed by atoms with Crippen molar-refractivity contribution < 1.29 is 4.92 Å². The third kappa shape index (κ3) is 3.23. The summed E-state index contributed by atoms with van der Waals surface area (Å²) < 4.78 is 0. The van der Waals surface area contributed by atoms with Gasteiger partial charge in [0, 0.05) is 39.0 Å². The van der Waals surface area contributed by atoms with Crippen LogP contribution in [-0.2, 0) is 6.54 Å². The number of non-ortho nitro benzene ring substituents is 1. The van der Waals surface area contributed by atoms with Gasteiger partial charge in [0.2, 0.25) is 0 Å². The number of pyridine rings is 1. The first-order chi connectivity index (χ1) is 9.58. The molecule has 0 aliphatic rings. The van der Waals surface area contributed by atoms with Gasteiger partial charge in [0.05, 0.1) is 22.5 Å². The maximum Gasteiger partial charge on any atom is 0.269 e. The second-order valence-corrected chi connectivity index (χ2v) is 4.57. The maximum atomic E-state index is 10.7. The van der Waals surface area contributed by atoms with Gasteiger partial charge in [-0.1, -0.05) is 12.1 Å². The highest BCUT2D eigenvalue weighted by Gasteiger charge is 2.07. The van der Waals surface area contributed by atoms with Crippen molar-refractivity contribution in [2.75, 3.05) is 24.3 Å². The van der Waals surface area contributed by atoms with Crippen LogP contribution in [0.25, 0.3) is 0 Å². The molecule has 104 valence electrons. The molecule has 0 bridgehead atoms. The minimum absolute atomic E-state index is 0.100. The molecule has 0 aliphatic heterocycles. The van der Waals surface area contributed by atoms with Crippen LogP contribution in [0.1, 0.15) is 5.56 Å². The molecule has 0 spiro atoms. The van der Waals surface area contributed by atoms with Crippen LogP contribution in [0.2, 0.25) is 0 Å². The second-order valence-electron chi connectivity index (χ2n) is 4.57. The van der Waals surface area contributed by atoms with Crippen LogP contribution in [0.5, 0.6) is 0 Å². The summed E-state index contributed by atoms with van der Waals surface area (Å²) in [5.74, 6) is 0. The number of aromatic nitrogens is 1. The number of benzene rings is 1. The van der Waals surface area contributed by atoms with E-state index in [-0.39, 0.29) is 5.69 Å². The SMILES string of the molecule is CN(C)c1ccncc1NCc1cccc([N+](=O)[O-])c1. The first-order valence-corrected chi connectivity index (χ1v) is 6.16. The zero-order valence-electron chi connectivity index (χ0n) is 11.4. The summed E-state index contributed by atoms with van der Waals surface area (Å²) in [5.41, 5.74) is 2.87. The Bertz CT molecular complexity index is 614. The fourth-order valence-electron chi connectivity index (χ4n) is 1.89. The number of nitrogens with one attached hydrogen (secondary N) is 1. The van der Waals surface area contributed by atoms with Gasteiger partial charge in [0.1, 0.15) is 0 Å². The average Bonchev–Trinajstić information content (AvgIpc) is 2.45. The van der Waals surface area contributed by atoms with E-state index >= 15 is 0 Å². The van der Waals surface area contributed by atoms with Crippen molar-refractivity contribution in [2.45, 2.75) is 6.54 Å². The summed E-state index contributed by atoms with van der Waals surface area (Å²) >= 11 is 0. The molecule has 1 heterocycles. The molecule has 2 rings (SSSR count). The van der Waals surface area contributed by atoms with E-state index in [1.807, 2.05) is 31.1 Å². The first kappa shape index (κ1) is 13.8. The lowest BCUT2D eigenvalue weighted by Gasteiger charge is -2.17. The van der Waals surface area contributed by atoms with Gasteiger partial charge in [-0.15, -0.1) is 0 Å². The van der Waals surface area contributed by atoms with Crippen molar-refractivity contribution in [3.8, 4) is 0 Å². The predicted molar refractivity (Wildman–Crippen MR) is 79.0 cm³/mol. The van der Waals surface area contributed by atoms with Crippen molar-refractivity contribution in [3.05, 3.63) is 58.4 Å². The zero-order valence-corrected chi connectivity index (χ0v) is 11.4. The molecule has 6 nitrogen and oxygen atoms in total. The number of hydrogen-bond acceptors (Lipinski definition) is 5. The largest absolute Gasteiger partial charge is 0.378 e. The number of nitrogens with zero attached hydrogens (tertiary/aromatic N) is 3. The summed E-state index contributed by atoms with van der Waals surface area (Å²) in [7, 11) is 3.90. The third-order valence-electron chi connectivity index (χ3n) is 2.88. The summed E-state index contributed by atoms with van der Waals surface area (Å²) in [6, 6.07) is 8.50. The quantitative estimate of drug-likeness (QED) is 0.669. The number of nitro groups is 1. The second kappa shape index (κ2) is 6.01. The summed E-state index contributed by atoms with van der Waals surface area (Å²) in [4.78, 5) is 16.4. The third-order valence-corrected chi connectivity index (χ3v) is 2.88. The Kier molecular flexibility index (Phi) is 4.14. The maximum absolute atomic E-state index is 10.7. The van der Waals surface area contributed by atoms with Crippen LogP contribution in [-0.4, -0.2) is 24.0 Å². The highest BCUT2D eigenvalue weighted by atomic mass is 16.6. The Labute approximate surface area is 117 Å². The molecule has 20 heavy (non-hydrogen) atoms. The van der Waals surface area contributed by atoms with E-state index in [9.17, 15) is 10.1 Å². The van der Waals surface area contributed by atoms with Crippen LogP contribution >= 0.6 is 0 Å². The van der Waals surface area contributed by atoms with E-state index in [0.29, 0.717) is 6.54 Å². The Morgan fingerprint density at radius 2 is 2.15 bits per heavy atom. The Hall–Kier alpha value is -2.63. The van der Waals surface area contributed by atoms with Gasteiger partial charge in [0.15, 0.2) is 0 Å². The molecule has 0 saturated carbocycles. The highest BCUT2D eigenvalue weighted by molar-refractivity contribution is 5.68. The van der Waals surface area contributed by atoms with Crippen molar-refractivity contribution in [2.24, 2.45) is 0 Å². The van der Waals surface area contributed by atoms with Gasteiger partial charge >= 0.3 is 0 Å². The predicted octanol–water partition coefficient (Wildman–Crippen LogP) is 2.67. The summed E-state index contributed by atoms with van der Waals surface area (Å²) in [6.45, 7) is 0.508. The number of rotatable bonds is 5. The molecule has 0 saturated heterocycles. The van der Waals surface area contributed by atoms with Gasteiger partial charge in [-0.3, -0.25) is 15.1 Å². The van der Waals surface area contributed by atoms with E-state index in [0.717, 1.165) is 16.9 Å². The standard InChI is InChI=1S/C14H16N4O2/c1-17(2)14-6-7-15-10-13(14)16-9-11-4-3-5-12(8-11)18(19)20/h3-8,10,16H,9H2,1-2H3. The van der Waals surface area contributed by atoms with Crippen molar-refractivity contribution in [1.29, 1.82) is 0 Å². The number of hydrogen-bond donors (Lipinski definition) is 1. The molecule has 0 radical (unpaired) electrons. The van der Waals surface area contributed by atoms with E-state index in [2.05, 4.69) is 10.3 Å². The summed E-state index contributed by atoms with van der Waals surface area (Å²) in [6.07, 6.45) is 3.47. The van der Waals surface area contributed by atoms with Gasteiger partial charge in [-0.2, -0.15) is 0 Å². The monoisotopic (exact) mass is 272 g/mol. The smallest absolute Gasteiger partial charge is 0.269 e. The lowest BCUT2D eigenvalue weighted by atomic mass is 10.2. The van der Waals surface area contributed by atoms with Crippen molar-refractivity contribution in [3.63, 3.8) is 0 Å². The fraction of sp³-hybridized carbons (Fsp3) is 0.214. The van der Waals surface area contributed by atoms with Gasteiger partial charge in [0.25, 0.3) is 5.69 Å². The molecular formula is C14H16N4O2. The number of anilines is 2. The molecule has 0 aliphatic carbocycles. The van der Waals surface area contributed by atoms with E-state index in [1.54, 1.807) is 24.5 Å². The minimum Gasteiger partial charge on any atom is -0.378 e. The molecule has 1 aromatic carbocycles. The molecule has 0 amide bonds. The van der Waals surface area contributed by atoms with E-state index in [4.69, 9.17) is 0 Å². The minimum atomic E-state index is -0.390. The van der Waals surface area contributed by atoms with E-state index < -0.39 is 4.92 Å². The molecule has 0 atom stereocenters. The Morgan fingerprint density at radius 3 is 2.85 bits per heavy atom. The van der Waals surface area contributed by atoms with Gasteiger partial charge in [-0.25, -0.2) is 0 Å². The average molecular weight is 272 g/mol. The van der Waals surface area contributed by atoms with Crippen LogP contribution in [0.3, 0.4) is 0 Å². The van der Waals surface area contributed by atoms with Gasteiger partial charge < -0.3 is 10.2 Å². The molecule has 1 aromatic heterocycles. The molecule has 0 fully saturated rings. The Balaban J connectivity index is 2.13. The molecule has 0 unspecified atom stereocenters. The lowest BCUT2D eigenvalue weighted by molar-refractivity contribution is -0.384. The zero-order chi connectivity index (χ0) is 14.5. The van der Waals surface area contributed by atoms with Crippen molar-refractivity contribution >= 4 is 17.1 Å². The van der Waals surface area contributed by atoms with Gasteiger partial charge in [-0.05, 0) is 11.6 Å².